The van der Waals surface area contributed by atoms with Crippen LogP contribution in [0.15, 0.2) is 24.3 Å². The fraction of sp³-hybridized carbons (Fsp3) is 0.588. The molecule has 2 N–H and O–H groups in total. The molecule has 130 valence electrons. The van der Waals surface area contributed by atoms with Crippen LogP contribution in [0, 0.1) is 11.2 Å². The average molecular weight is 345 g/mol. The van der Waals surface area contributed by atoms with Crippen LogP contribution in [0.5, 0.6) is 5.75 Å². The summed E-state index contributed by atoms with van der Waals surface area (Å²) in [6.07, 6.45) is 1.83. The lowest BCUT2D eigenvalue weighted by Gasteiger charge is -2.42. The van der Waals surface area contributed by atoms with E-state index in [0.717, 1.165) is 13.0 Å². The van der Waals surface area contributed by atoms with Crippen molar-refractivity contribution in [3.8, 4) is 5.75 Å². The number of carbonyl (C=O) groups is 1. The van der Waals surface area contributed by atoms with Crippen LogP contribution in [0.1, 0.15) is 33.1 Å². The number of piperidine rings is 1. The minimum atomic E-state index is -0.374. The Hall–Kier alpha value is -1.33. The number of halogens is 2. The molecule has 0 spiro atoms. The molecule has 1 aromatic rings. The number of hydrogen-bond donors (Lipinski definition) is 1. The second-order valence-corrected chi connectivity index (χ2v) is 6.58. The van der Waals surface area contributed by atoms with E-state index in [2.05, 4.69) is 13.8 Å². The molecule has 23 heavy (non-hydrogen) atoms. The Labute approximate surface area is 143 Å². The normalized spacial score (nSPS) is 19.8. The minimum absolute atomic E-state index is 0. The summed E-state index contributed by atoms with van der Waals surface area (Å²) in [7, 11) is 0. The predicted molar refractivity (Wildman–Crippen MR) is 91.3 cm³/mol. The maximum Gasteiger partial charge on any atom is 0.222 e. The van der Waals surface area contributed by atoms with Crippen LogP contribution in [0.4, 0.5) is 4.39 Å². The van der Waals surface area contributed by atoms with E-state index in [0.29, 0.717) is 26.0 Å². The standard InChI is InChI=1S/C17H25FN2O2.ClH/c1-17(2)12-20(10-9-15(17)19)16(21)8-5-11-22-14-7-4-3-6-13(14)18;/h3-4,6-7,15H,5,8-12,19H2,1-2H3;1H. The van der Waals surface area contributed by atoms with E-state index in [4.69, 9.17) is 10.5 Å². The molecular weight excluding hydrogens is 319 g/mol. The molecule has 6 heteroatoms. The van der Waals surface area contributed by atoms with Crippen LogP contribution in [-0.4, -0.2) is 36.5 Å². The highest BCUT2D eigenvalue weighted by Gasteiger charge is 2.34. The van der Waals surface area contributed by atoms with Crippen molar-refractivity contribution in [2.45, 2.75) is 39.2 Å². The van der Waals surface area contributed by atoms with Gasteiger partial charge in [0.25, 0.3) is 0 Å². The van der Waals surface area contributed by atoms with Crippen molar-refractivity contribution in [3.63, 3.8) is 0 Å². The van der Waals surface area contributed by atoms with Crippen molar-refractivity contribution in [1.82, 2.24) is 4.90 Å². The van der Waals surface area contributed by atoms with Gasteiger partial charge in [0, 0.05) is 25.6 Å². The van der Waals surface area contributed by atoms with Gasteiger partial charge in [-0.15, -0.1) is 12.4 Å². The van der Waals surface area contributed by atoms with Gasteiger partial charge in [-0.25, -0.2) is 4.39 Å². The van der Waals surface area contributed by atoms with E-state index < -0.39 is 0 Å². The zero-order chi connectivity index (χ0) is 16.2. The number of carbonyl (C=O) groups excluding carboxylic acids is 1. The zero-order valence-corrected chi connectivity index (χ0v) is 14.6. The third-order valence-corrected chi connectivity index (χ3v) is 4.29. The highest BCUT2D eigenvalue weighted by atomic mass is 35.5. The highest BCUT2D eigenvalue weighted by molar-refractivity contribution is 5.85. The van der Waals surface area contributed by atoms with Crippen LogP contribution in [0.2, 0.25) is 0 Å². The summed E-state index contributed by atoms with van der Waals surface area (Å²) >= 11 is 0. The molecule has 1 aliphatic rings. The van der Waals surface area contributed by atoms with Crippen molar-refractivity contribution in [1.29, 1.82) is 0 Å². The number of likely N-dealkylation sites (tertiary alicyclic amines) is 1. The molecule has 1 aliphatic heterocycles. The Bertz CT molecular complexity index is 525. The third kappa shape index (κ3) is 5.36. The van der Waals surface area contributed by atoms with E-state index in [1.54, 1.807) is 18.2 Å². The van der Waals surface area contributed by atoms with Gasteiger partial charge in [0.1, 0.15) is 0 Å². The molecule has 0 bridgehead atoms. The van der Waals surface area contributed by atoms with E-state index in [9.17, 15) is 9.18 Å². The first-order valence-corrected chi connectivity index (χ1v) is 7.81. The Morgan fingerprint density at radius 2 is 2.13 bits per heavy atom. The first-order valence-electron chi connectivity index (χ1n) is 7.81. The summed E-state index contributed by atoms with van der Waals surface area (Å²) in [4.78, 5) is 14.1. The molecule has 1 unspecified atom stereocenters. The second-order valence-electron chi connectivity index (χ2n) is 6.58. The van der Waals surface area contributed by atoms with Gasteiger partial charge in [0.05, 0.1) is 6.61 Å². The number of rotatable bonds is 5. The van der Waals surface area contributed by atoms with Crippen LogP contribution in [0.3, 0.4) is 0 Å². The summed E-state index contributed by atoms with van der Waals surface area (Å²) in [5.41, 5.74) is 6.04. The van der Waals surface area contributed by atoms with E-state index >= 15 is 0 Å². The number of nitrogens with zero attached hydrogens (tertiary/aromatic N) is 1. The molecule has 0 aliphatic carbocycles. The van der Waals surface area contributed by atoms with Crippen molar-refractivity contribution in [3.05, 3.63) is 30.1 Å². The number of hydrogen-bond acceptors (Lipinski definition) is 3. The van der Waals surface area contributed by atoms with Crippen LogP contribution in [-0.2, 0) is 4.79 Å². The summed E-state index contributed by atoms with van der Waals surface area (Å²) in [5, 5.41) is 0. The van der Waals surface area contributed by atoms with Crippen LogP contribution < -0.4 is 10.5 Å². The topological polar surface area (TPSA) is 55.6 Å². The van der Waals surface area contributed by atoms with E-state index in [1.165, 1.54) is 6.07 Å². The second kappa shape index (κ2) is 8.50. The summed E-state index contributed by atoms with van der Waals surface area (Å²) < 4.78 is 18.7. The monoisotopic (exact) mass is 344 g/mol. The lowest BCUT2D eigenvalue weighted by Crippen LogP contribution is -2.54. The fourth-order valence-corrected chi connectivity index (χ4v) is 2.71. The van der Waals surface area contributed by atoms with Crippen molar-refractivity contribution >= 4 is 18.3 Å². The lowest BCUT2D eigenvalue weighted by atomic mass is 9.79. The minimum Gasteiger partial charge on any atom is -0.491 e. The molecule has 0 aromatic heterocycles. The van der Waals surface area contributed by atoms with Gasteiger partial charge >= 0.3 is 0 Å². The first kappa shape index (κ1) is 19.7. The molecule has 4 nitrogen and oxygen atoms in total. The molecule has 1 fully saturated rings. The molecule has 1 amide bonds. The Morgan fingerprint density at radius 1 is 1.43 bits per heavy atom. The SMILES string of the molecule is CC1(C)CN(C(=O)CCCOc2ccccc2F)CCC1N.Cl. The van der Waals surface area contributed by atoms with Gasteiger partial charge in [0.15, 0.2) is 11.6 Å². The van der Waals surface area contributed by atoms with Gasteiger partial charge in [-0.2, -0.15) is 0 Å². The number of para-hydroxylation sites is 1. The zero-order valence-electron chi connectivity index (χ0n) is 13.8. The van der Waals surface area contributed by atoms with Crippen LogP contribution >= 0.6 is 12.4 Å². The summed E-state index contributed by atoms with van der Waals surface area (Å²) in [6, 6.07) is 6.43. The first-order chi connectivity index (χ1) is 10.4. The molecule has 0 radical (unpaired) electrons. The Morgan fingerprint density at radius 3 is 2.78 bits per heavy atom. The number of benzene rings is 1. The summed E-state index contributed by atoms with van der Waals surface area (Å²) in [5.74, 6) is -0.0160. The predicted octanol–water partition coefficient (Wildman–Crippen LogP) is 2.99. The van der Waals surface area contributed by atoms with Crippen molar-refractivity contribution < 1.29 is 13.9 Å². The number of amides is 1. The van der Waals surface area contributed by atoms with Gasteiger partial charge in [-0.1, -0.05) is 26.0 Å². The van der Waals surface area contributed by atoms with Crippen molar-refractivity contribution in [2.24, 2.45) is 11.1 Å². The van der Waals surface area contributed by atoms with E-state index in [1.807, 2.05) is 4.90 Å². The van der Waals surface area contributed by atoms with Crippen molar-refractivity contribution in [2.75, 3.05) is 19.7 Å². The molecular formula is C17H26ClFN2O2. The molecule has 1 heterocycles. The third-order valence-electron chi connectivity index (χ3n) is 4.29. The maximum absolute atomic E-state index is 13.4. The van der Waals surface area contributed by atoms with Gasteiger partial charge in [-0.3, -0.25) is 4.79 Å². The summed E-state index contributed by atoms with van der Waals surface area (Å²) in [6.45, 7) is 5.94. The number of ether oxygens (including phenoxy) is 1. The molecule has 1 atom stereocenters. The Balaban J connectivity index is 0.00000264. The molecule has 0 saturated carbocycles. The van der Waals surface area contributed by atoms with Gasteiger partial charge in [-0.05, 0) is 30.4 Å². The molecule has 2 rings (SSSR count). The highest BCUT2D eigenvalue weighted by Crippen LogP contribution is 2.28. The molecule has 1 saturated heterocycles. The fourth-order valence-electron chi connectivity index (χ4n) is 2.71. The van der Waals surface area contributed by atoms with Gasteiger partial charge < -0.3 is 15.4 Å². The largest absolute Gasteiger partial charge is 0.491 e. The average Bonchev–Trinajstić information content (AvgIpc) is 2.48. The molecule has 1 aromatic carbocycles. The van der Waals surface area contributed by atoms with Gasteiger partial charge in [0.2, 0.25) is 5.91 Å². The number of nitrogens with two attached hydrogens (primary N) is 1. The Kier molecular flexibility index (Phi) is 7.29. The lowest BCUT2D eigenvalue weighted by molar-refractivity contribution is -0.134. The quantitative estimate of drug-likeness (QED) is 0.835. The van der Waals surface area contributed by atoms with E-state index in [-0.39, 0.29) is 41.3 Å². The maximum atomic E-state index is 13.4. The smallest absolute Gasteiger partial charge is 0.222 e. The van der Waals surface area contributed by atoms with Crippen LogP contribution in [0.25, 0.3) is 0 Å².